The molecule has 1 aromatic carbocycles. The Hall–Kier alpha value is -1.07. The lowest BCUT2D eigenvalue weighted by atomic mass is 10.2. The monoisotopic (exact) mass is 330 g/mol. The second kappa shape index (κ2) is 4.80. The van der Waals surface area contributed by atoms with Crippen LogP contribution in [-0.4, -0.2) is 15.1 Å². The van der Waals surface area contributed by atoms with Crippen molar-refractivity contribution in [2.24, 2.45) is 0 Å². The average Bonchev–Trinajstić information content (AvgIpc) is 2.80. The van der Waals surface area contributed by atoms with Crippen LogP contribution in [0.25, 0.3) is 20.8 Å². The molecule has 0 saturated heterocycles. The van der Waals surface area contributed by atoms with E-state index in [1.54, 1.807) is 12.4 Å². The van der Waals surface area contributed by atoms with Gasteiger partial charge >= 0.3 is 0 Å². The molecule has 0 amide bonds. The predicted molar refractivity (Wildman–Crippen MR) is 79.5 cm³/mol. The maximum absolute atomic E-state index is 10.1. The number of hydrogen-bond donors (Lipinski definition) is 1. The number of halogens is 3. The van der Waals surface area contributed by atoms with Gasteiger partial charge in [-0.25, -0.2) is 4.98 Å². The van der Waals surface area contributed by atoms with Crippen molar-refractivity contribution in [1.29, 1.82) is 0 Å². The maximum Gasteiger partial charge on any atom is 0.146 e. The van der Waals surface area contributed by atoms with Gasteiger partial charge in [0, 0.05) is 6.20 Å². The molecule has 19 heavy (non-hydrogen) atoms. The third-order valence-corrected chi connectivity index (χ3v) is 4.68. The molecule has 96 valence electrons. The predicted octanol–water partition coefficient (Wildman–Crippen LogP) is 5.02. The van der Waals surface area contributed by atoms with Gasteiger partial charge in [-0.05, 0) is 12.1 Å². The topological polar surface area (TPSA) is 46.0 Å². The maximum atomic E-state index is 10.1. The largest absolute Gasteiger partial charge is 0.506 e. The number of phenols is 1. The number of phenolic OH excluding ortho intramolecular Hbond substituents is 1. The summed E-state index contributed by atoms with van der Waals surface area (Å²) in [6, 6.07) is 3.24. The fourth-order valence-corrected chi connectivity index (χ4v) is 3.41. The van der Waals surface area contributed by atoms with Crippen LogP contribution in [0.3, 0.4) is 0 Å². The SMILES string of the molecule is Oc1c(Cl)cc(Cl)c(Cl)c1-c1nc2cnccc2s1. The molecule has 1 N–H and O–H groups in total. The smallest absolute Gasteiger partial charge is 0.146 e. The molecule has 7 heteroatoms. The Morgan fingerprint density at radius 1 is 1.16 bits per heavy atom. The minimum Gasteiger partial charge on any atom is -0.506 e. The molecular weight excluding hydrogens is 327 g/mol. The van der Waals surface area contributed by atoms with Crippen LogP contribution in [0.5, 0.6) is 5.75 Å². The summed E-state index contributed by atoms with van der Waals surface area (Å²) >= 11 is 19.4. The molecular formula is C12H5Cl3N2OS. The molecule has 3 rings (SSSR count). The minimum atomic E-state index is -0.122. The standard InChI is InChI=1S/C12H5Cl3N2OS/c13-5-3-6(14)11(18)9(10(5)15)12-17-7-4-16-2-1-8(7)19-12/h1-4,18H. The molecule has 0 aliphatic rings. The highest BCUT2D eigenvalue weighted by atomic mass is 35.5. The van der Waals surface area contributed by atoms with Crippen molar-refractivity contribution >= 4 is 56.4 Å². The van der Waals surface area contributed by atoms with Crippen LogP contribution < -0.4 is 0 Å². The minimum absolute atomic E-state index is 0.122. The van der Waals surface area contributed by atoms with Crippen LogP contribution in [0, 0.1) is 0 Å². The lowest BCUT2D eigenvalue weighted by molar-refractivity contribution is 0.477. The van der Waals surface area contributed by atoms with E-state index >= 15 is 0 Å². The summed E-state index contributed by atoms with van der Waals surface area (Å²) < 4.78 is 0.941. The summed E-state index contributed by atoms with van der Waals surface area (Å²) in [7, 11) is 0. The van der Waals surface area contributed by atoms with Gasteiger partial charge in [-0.2, -0.15) is 0 Å². The van der Waals surface area contributed by atoms with Crippen LogP contribution in [0.2, 0.25) is 15.1 Å². The quantitative estimate of drug-likeness (QED) is 0.636. The van der Waals surface area contributed by atoms with E-state index in [2.05, 4.69) is 9.97 Å². The van der Waals surface area contributed by atoms with Crippen LogP contribution >= 0.6 is 46.1 Å². The highest BCUT2D eigenvalue weighted by Gasteiger charge is 2.19. The summed E-state index contributed by atoms with van der Waals surface area (Å²) in [5.74, 6) is -0.122. The molecule has 2 heterocycles. The van der Waals surface area contributed by atoms with Gasteiger partial charge in [-0.15, -0.1) is 11.3 Å². The molecule has 0 aliphatic carbocycles. The summed E-state index contributed by atoms with van der Waals surface area (Å²) in [5.41, 5.74) is 1.08. The molecule has 3 nitrogen and oxygen atoms in total. The zero-order chi connectivity index (χ0) is 13.6. The van der Waals surface area contributed by atoms with Crippen molar-refractivity contribution < 1.29 is 5.11 Å². The van der Waals surface area contributed by atoms with Gasteiger partial charge in [-0.3, -0.25) is 4.98 Å². The Morgan fingerprint density at radius 2 is 1.95 bits per heavy atom. The van der Waals surface area contributed by atoms with Crippen molar-refractivity contribution in [2.45, 2.75) is 0 Å². The number of aromatic nitrogens is 2. The second-order valence-corrected chi connectivity index (χ2v) is 5.96. The van der Waals surface area contributed by atoms with Crippen molar-refractivity contribution in [2.75, 3.05) is 0 Å². The Kier molecular flexibility index (Phi) is 3.27. The van der Waals surface area contributed by atoms with Gasteiger partial charge < -0.3 is 5.11 Å². The molecule has 0 atom stereocenters. The highest BCUT2D eigenvalue weighted by molar-refractivity contribution is 7.21. The van der Waals surface area contributed by atoms with Crippen LogP contribution in [0.1, 0.15) is 0 Å². The third-order valence-electron chi connectivity index (χ3n) is 2.55. The van der Waals surface area contributed by atoms with Crippen molar-refractivity contribution in [3.63, 3.8) is 0 Å². The van der Waals surface area contributed by atoms with Gasteiger partial charge in [0.1, 0.15) is 16.3 Å². The number of benzene rings is 1. The number of aromatic hydroxyl groups is 1. The third kappa shape index (κ3) is 2.15. The summed E-state index contributed by atoms with van der Waals surface area (Å²) in [6.45, 7) is 0. The summed E-state index contributed by atoms with van der Waals surface area (Å²) in [6.07, 6.45) is 3.32. The zero-order valence-corrected chi connectivity index (χ0v) is 12.3. The molecule has 2 aromatic heterocycles. The fraction of sp³-hybridized carbons (Fsp3) is 0. The number of thiazole rings is 1. The molecule has 0 radical (unpaired) electrons. The van der Waals surface area contributed by atoms with Gasteiger partial charge in [0.15, 0.2) is 0 Å². The first-order valence-electron chi connectivity index (χ1n) is 5.15. The molecule has 0 aliphatic heterocycles. The van der Waals surface area contributed by atoms with Gasteiger partial charge in [0.2, 0.25) is 0 Å². The average molecular weight is 332 g/mol. The number of rotatable bonds is 1. The number of fused-ring (bicyclic) bond motifs is 1. The molecule has 0 spiro atoms. The number of hydrogen-bond acceptors (Lipinski definition) is 4. The van der Waals surface area contributed by atoms with Crippen molar-refractivity contribution in [1.82, 2.24) is 9.97 Å². The van der Waals surface area contributed by atoms with Crippen molar-refractivity contribution in [3.05, 3.63) is 39.6 Å². The zero-order valence-electron chi connectivity index (χ0n) is 9.19. The Bertz CT molecular complexity index is 729. The van der Waals surface area contributed by atoms with E-state index < -0.39 is 0 Å². The first-order valence-corrected chi connectivity index (χ1v) is 7.10. The Balaban J connectivity index is 2.32. The Morgan fingerprint density at radius 3 is 2.68 bits per heavy atom. The molecule has 0 bridgehead atoms. The van der Waals surface area contributed by atoms with E-state index in [9.17, 15) is 5.11 Å². The first-order chi connectivity index (χ1) is 9.08. The fourth-order valence-electron chi connectivity index (χ4n) is 1.67. The number of nitrogens with zero attached hydrogens (tertiary/aromatic N) is 2. The van der Waals surface area contributed by atoms with E-state index in [4.69, 9.17) is 34.8 Å². The highest BCUT2D eigenvalue weighted by Crippen LogP contribution is 2.46. The Labute approximate surface area is 127 Å². The summed E-state index contributed by atoms with van der Waals surface area (Å²) in [4.78, 5) is 8.38. The van der Waals surface area contributed by atoms with E-state index in [1.807, 2.05) is 6.07 Å². The number of pyridine rings is 1. The second-order valence-electron chi connectivity index (χ2n) is 3.74. The van der Waals surface area contributed by atoms with Gasteiger partial charge in [-0.1, -0.05) is 34.8 Å². The normalized spacial score (nSPS) is 11.1. The lowest BCUT2D eigenvalue weighted by Gasteiger charge is -2.07. The molecule has 0 saturated carbocycles. The van der Waals surface area contributed by atoms with E-state index in [1.165, 1.54) is 17.4 Å². The molecule has 0 unspecified atom stereocenters. The van der Waals surface area contributed by atoms with Crippen LogP contribution in [0.15, 0.2) is 24.5 Å². The van der Waals surface area contributed by atoms with E-state index in [-0.39, 0.29) is 20.8 Å². The first kappa shape index (κ1) is 12.9. The van der Waals surface area contributed by atoms with E-state index in [0.29, 0.717) is 10.6 Å². The molecule has 3 aromatic rings. The van der Waals surface area contributed by atoms with E-state index in [0.717, 1.165) is 10.2 Å². The van der Waals surface area contributed by atoms with Crippen molar-refractivity contribution in [3.8, 4) is 16.3 Å². The van der Waals surface area contributed by atoms with Gasteiger partial charge in [0.05, 0.1) is 31.5 Å². The molecule has 0 fully saturated rings. The van der Waals surface area contributed by atoms with Gasteiger partial charge in [0.25, 0.3) is 0 Å². The van der Waals surface area contributed by atoms with Crippen LogP contribution in [-0.2, 0) is 0 Å². The lowest BCUT2D eigenvalue weighted by Crippen LogP contribution is -1.83. The van der Waals surface area contributed by atoms with Crippen LogP contribution in [0.4, 0.5) is 0 Å². The summed E-state index contributed by atoms with van der Waals surface area (Å²) in [5, 5.41) is 11.3.